The quantitative estimate of drug-likeness (QED) is 0.592. The molecule has 0 bridgehead atoms. The average Bonchev–Trinajstić information content (AvgIpc) is 3.19. The van der Waals surface area contributed by atoms with E-state index in [1.54, 1.807) is 30.0 Å². The van der Waals surface area contributed by atoms with Crippen LogP contribution in [0.4, 0.5) is 0 Å². The molecule has 1 aromatic heterocycles. The largest absolute Gasteiger partial charge is 0.496 e. The first-order valence-corrected chi connectivity index (χ1v) is 11.8. The van der Waals surface area contributed by atoms with Crippen molar-refractivity contribution >= 4 is 34.5 Å². The maximum Gasteiger partial charge on any atom is 0.255 e. The molecule has 4 rings (SSSR count). The predicted molar refractivity (Wildman–Crippen MR) is 125 cm³/mol. The smallest absolute Gasteiger partial charge is 0.255 e. The second-order valence-electron chi connectivity index (χ2n) is 7.65. The number of hydrogen-bond donors (Lipinski definition) is 2. The zero-order chi connectivity index (χ0) is 21.8. The number of nitrogens with zero attached hydrogens (tertiary/aromatic N) is 1. The van der Waals surface area contributed by atoms with Crippen molar-refractivity contribution in [3.8, 4) is 5.75 Å². The fourth-order valence-corrected chi connectivity index (χ4v) is 4.61. The van der Waals surface area contributed by atoms with Gasteiger partial charge in [0.1, 0.15) is 11.8 Å². The molecule has 0 spiro atoms. The molecule has 7 heteroatoms. The van der Waals surface area contributed by atoms with Gasteiger partial charge in [-0.15, -0.1) is 0 Å². The van der Waals surface area contributed by atoms with Crippen molar-refractivity contribution in [3.05, 3.63) is 65.4 Å². The second-order valence-corrected chi connectivity index (χ2v) is 8.63. The van der Waals surface area contributed by atoms with E-state index in [-0.39, 0.29) is 11.8 Å². The summed E-state index contributed by atoms with van der Waals surface area (Å²) in [5.41, 5.74) is 3.91. The highest BCUT2D eigenvalue weighted by Crippen LogP contribution is 2.28. The number of methoxy groups -OCH3 is 1. The molecule has 0 saturated heterocycles. The van der Waals surface area contributed by atoms with Crippen LogP contribution in [0.5, 0.6) is 5.75 Å². The number of benzene rings is 2. The van der Waals surface area contributed by atoms with Gasteiger partial charge in [0.05, 0.1) is 12.7 Å². The van der Waals surface area contributed by atoms with E-state index < -0.39 is 6.04 Å². The highest BCUT2D eigenvalue weighted by molar-refractivity contribution is 7.98. The number of amides is 2. The van der Waals surface area contributed by atoms with Crippen LogP contribution in [-0.4, -0.2) is 53.4 Å². The van der Waals surface area contributed by atoms with Crippen LogP contribution in [0.3, 0.4) is 0 Å². The first kappa shape index (κ1) is 21.3. The van der Waals surface area contributed by atoms with E-state index in [1.165, 1.54) is 18.4 Å². The van der Waals surface area contributed by atoms with Crippen LogP contribution in [0.1, 0.15) is 28.0 Å². The molecule has 1 unspecified atom stereocenters. The molecule has 2 aromatic carbocycles. The first-order valence-electron chi connectivity index (χ1n) is 10.4. The van der Waals surface area contributed by atoms with E-state index in [9.17, 15) is 9.59 Å². The van der Waals surface area contributed by atoms with Crippen molar-refractivity contribution < 1.29 is 14.3 Å². The molecule has 3 aromatic rings. The van der Waals surface area contributed by atoms with Gasteiger partial charge in [-0.1, -0.05) is 30.3 Å². The highest BCUT2D eigenvalue weighted by atomic mass is 32.2. The Hall–Kier alpha value is -2.93. The minimum atomic E-state index is -0.573. The Morgan fingerprint density at radius 1 is 1.19 bits per heavy atom. The van der Waals surface area contributed by atoms with Crippen LogP contribution >= 0.6 is 11.8 Å². The van der Waals surface area contributed by atoms with Crippen LogP contribution in [0.2, 0.25) is 0 Å². The lowest BCUT2D eigenvalue weighted by atomic mass is 10.0. The number of carbonyl (C=O) groups is 2. The molecule has 0 aliphatic carbocycles. The molecular weight excluding hydrogens is 410 g/mol. The number of hydrogen-bond acceptors (Lipinski definition) is 4. The number of carbonyl (C=O) groups excluding carboxylic acids is 2. The molecule has 1 aliphatic rings. The number of aromatic nitrogens is 1. The second kappa shape index (κ2) is 9.47. The lowest BCUT2D eigenvalue weighted by Gasteiger charge is -2.31. The number of thioether (sulfide) groups is 1. The Bertz CT molecular complexity index is 1090. The molecular formula is C24H27N3O3S. The topological polar surface area (TPSA) is 74.4 Å². The molecule has 0 radical (unpaired) electrons. The van der Waals surface area contributed by atoms with Gasteiger partial charge in [-0.2, -0.15) is 11.8 Å². The molecule has 31 heavy (non-hydrogen) atoms. The van der Waals surface area contributed by atoms with E-state index in [2.05, 4.69) is 22.4 Å². The van der Waals surface area contributed by atoms with Gasteiger partial charge in [0, 0.05) is 41.7 Å². The van der Waals surface area contributed by atoms with E-state index in [0.29, 0.717) is 30.8 Å². The molecule has 6 nitrogen and oxygen atoms in total. The molecule has 1 aliphatic heterocycles. The Labute approximate surface area is 186 Å². The summed E-state index contributed by atoms with van der Waals surface area (Å²) in [5.74, 6) is 0.960. The molecule has 0 saturated carbocycles. The van der Waals surface area contributed by atoms with Crippen LogP contribution < -0.4 is 10.1 Å². The van der Waals surface area contributed by atoms with Gasteiger partial charge in [0.15, 0.2) is 0 Å². The summed E-state index contributed by atoms with van der Waals surface area (Å²) in [6.45, 7) is 1.19. The summed E-state index contributed by atoms with van der Waals surface area (Å²) in [4.78, 5) is 31.7. The number of H-pyrrole nitrogens is 1. The summed E-state index contributed by atoms with van der Waals surface area (Å²) >= 11 is 1.66. The van der Waals surface area contributed by atoms with E-state index in [0.717, 1.165) is 23.1 Å². The summed E-state index contributed by atoms with van der Waals surface area (Å²) < 4.78 is 5.31. The fraction of sp³-hybridized carbons (Fsp3) is 0.333. The maximum atomic E-state index is 13.5. The Kier molecular flexibility index (Phi) is 6.51. The van der Waals surface area contributed by atoms with Crippen LogP contribution in [0.25, 0.3) is 10.9 Å². The van der Waals surface area contributed by atoms with Gasteiger partial charge in [-0.25, -0.2) is 0 Å². The first-order chi connectivity index (χ1) is 15.1. The lowest BCUT2D eigenvalue weighted by Crippen LogP contribution is -2.50. The van der Waals surface area contributed by atoms with Gasteiger partial charge in [0.2, 0.25) is 5.91 Å². The summed E-state index contributed by atoms with van der Waals surface area (Å²) in [7, 11) is 1.54. The highest BCUT2D eigenvalue weighted by Gasteiger charge is 2.30. The van der Waals surface area contributed by atoms with Crippen molar-refractivity contribution in [2.75, 3.05) is 25.7 Å². The molecule has 2 heterocycles. The third-order valence-electron chi connectivity index (χ3n) is 5.76. The van der Waals surface area contributed by atoms with E-state index in [1.807, 2.05) is 29.4 Å². The average molecular weight is 438 g/mol. The number of fused-ring (bicyclic) bond motifs is 3. The zero-order valence-electron chi connectivity index (χ0n) is 17.8. The molecule has 2 amide bonds. The van der Waals surface area contributed by atoms with Crippen LogP contribution in [0, 0.1) is 0 Å². The summed E-state index contributed by atoms with van der Waals surface area (Å²) in [6, 6.07) is 14.7. The van der Waals surface area contributed by atoms with E-state index >= 15 is 0 Å². The van der Waals surface area contributed by atoms with Gasteiger partial charge in [0.25, 0.3) is 5.91 Å². The summed E-state index contributed by atoms with van der Waals surface area (Å²) in [6.07, 6.45) is 3.37. The Balaban J connectivity index is 1.54. The van der Waals surface area contributed by atoms with Crippen LogP contribution in [-0.2, 0) is 17.8 Å². The van der Waals surface area contributed by atoms with Crippen molar-refractivity contribution in [1.29, 1.82) is 0 Å². The Morgan fingerprint density at radius 3 is 2.77 bits per heavy atom. The third-order valence-corrected chi connectivity index (χ3v) is 6.40. The molecule has 2 N–H and O–H groups in total. The molecule has 162 valence electrons. The summed E-state index contributed by atoms with van der Waals surface area (Å²) in [5, 5.41) is 4.12. The minimum Gasteiger partial charge on any atom is -0.496 e. The van der Waals surface area contributed by atoms with E-state index in [4.69, 9.17) is 4.74 Å². The van der Waals surface area contributed by atoms with Gasteiger partial charge in [-0.05, 0) is 36.6 Å². The number of aromatic amines is 1. The standard InChI is InChI=1S/C24H27N3O3S/c1-30-22-10-6-4-8-17(22)23(28)26-21(12-14-31-2)24(29)27-13-11-20-18(15-27)16-7-3-5-9-19(16)25-20/h3-10,21,25H,11-15H2,1-2H3,(H,26,28). The van der Waals surface area contributed by atoms with Gasteiger partial charge < -0.3 is 19.9 Å². The zero-order valence-corrected chi connectivity index (χ0v) is 18.6. The van der Waals surface area contributed by atoms with Crippen molar-refractivity contribution in [1.82, 2.24) is 15.2 Å². The number of nitrogens with one attached hydrogen (secondary N) is 2. The maximum absolute atomic E-state index is 13.5. The SMILES string of the molecule is COc1ccccc1C(=O)NC(CCSC)C(=O)N1CCc2[nH]c3ccccc3c2C1. The molecule has 0 fully saturated rings. The van der Waals surface area contributed by atoms with Crippen molar-refractivity contribution in [3.63, 3.8) is 0 Å². The van der Waals surface area contributed by atoms with Crippen molar-refractivity contribution in [2.24, 2.45) is 0 Å². The third kappa shape index (κ3) is 4.42. The lowest BCUT2D eigenvalue weighted by molar-refractivity contribution is -0.134. The minimum absolute atomic E-state index is 0.0340. The van der Waals surface area contributed by atoms with Crippen LogP contribution in [0.15, 0.2) is 48.5 Å². The monoisotopic (exact) mass is 437 g/mol. The van der Waals surface area contributed by atoms with Crippen molar-refractivity contribution in [2.45, 2.75) is 25.4 Å². The fourth-order valence-electron chi connectivity index (χ4n) is 4.14. The Morgan fingerprint density at radius 2 is 1.97 bits per heavy atom. The molecule has 1 atom stereocenters. The number of para-hydroxylation sites is 2. The number of rotatable bonds is 7. The van der Waals surface area contributed by atoms with Gasteiger partial charge in [-0.3, -0.25) is 9.59 Å². The predicted octanol–water partition coefficient (Wildman–Crippen LogP) is 3.61. The normalized spacial score (nSPS) is 14.2. The van der Waals surface area contributed by atoms with Gasteiger partial charge >= 0.3 is 0 Å². The number of ether oxygens (including phenoxy) is 1.